The third kappa shape index (κ3) is 7.56. The summed E-state index contributed by atoms with van der Waals surface area (Å²) in [5.74, 6) is 0. The van der Waals surface area contributed by atoms with Gasteiger partial charge in [0.15, 0.2) is 0 Å². The number of rotatable bonds is 6. The summed E-state index contributed by atoms with van der Waals surface area (Å²) in [5, 5.41) is 5.39. The van der Waals surface area contributed by atoms with Crippen molar-refractivity contribution >= 4 is 43.6 Å². The first-order valence-corrected chi connectivity index (χ1v) is 28.6. The van der Waals surface area contributed by atoms with Crippen LogP contribution in [0.25, 0.3) is 88.4 Å². The van der Waals surface area contributed by atoms with Crippen molar-refractivity contribution in [3.05, 3.63) is 226 Å². The molecule has 2 heterocycles. The molecule has 9 aromatic carbocycles. The van der Waals surface area contributed by atoms with Crippen LogP contribution in [0.1, 0.15) is 154 Å². The highest BCUT2D eigenvalue weighted by Crippen LogP contribution is 2.53. The zero-order valence-electron chi connectivity index (χ0n) is 48.8. The van der Waals surface area contributed by atoms with Crippen molar-refractivity contribution in [1.82, 2.24) is 9.13 Å². The van der Waals surface area contributed by atoms with Crippen molar-refractivity contribution in [1.29, 1.82) is 0 Å². The molecule has 0 unspecified atom stereocenters. The molecule has 2 nitrogen and oxygen atoms in total. The second-order valence-electron chi connectivity index (χ2n) is 28.1. The summed E-state index contributed by atoms with van der Waals surface area (Å²) in [6, 6.07) is 68.7. The van der Waals surface area contributed by atoms with Crippen molar-refractivity contribution < 1.29 is 0 Å². The van der Waals surface area contributed by atoms with Crippen molar-refractivity contribution in [3.8, 4) is 44.8 Å². The fourth-order valence-corrected chi connectivity index (χ4v) is 13.9. The van der Waals surface area contributed by atoms with Gasteiger partial charge in [0.05, 0.1) is 22.1 Å². The van der Waals surface area contributed by atoms with E-state index in [0.717, 1.165) is 6.42 Å². The van der Waals surface area contributed by atoms with Crippen LogP contribution in [0.15, 0.2) is 176 Å². The topological polar surface area (TPSA) is 9.86 Å². The van der Waals surface area contributed by atoms with Crippen LogP contribution < -0.4 is 0 Å². The van der Waals surface area contributed by atoms with Gasteiger partial charge in [0.1, 0.15) is 0 Å². The van der Waals surface area contributed by atoms with Gasteiger partial charge >= 0.3 is 0 Å². The number of aromatic nitrogens is 2. The standard InChI is InChI=1S/C76H76N2/c1-71(2,3)51-39-52(72(4,5)6)42-55(41-51)78-63-31-21-28-58-48-33-34-49(61(38-48)76(14,15)70-59(46-23-17-16-18-24-46)35-36-65(78)69(70)67(58)63)45-74(10,11)54-40-53(73(7,8)9)43-56(44-54)77-62-30-20-27-57-47-25-19-26-50(37-47)75(12,13)60-29-22-32-64(77)68(60)66(57)62/h16-44H,45H2,1-15H3. The zero-order valence-corrected chi connectivity index (χ0v) is 48.8. The van der Waals surface area contributed by atoms with Gasteiger partial charge in [-0.2, -0.15) is 0 Å². The highest BCUT2D eigenvalue weighted by molar-refractivity contribution is 6.20. The molecule has 0 aliphatic heterocycles. The largest absolute Gasteiger partial charge is 0.309 e. The number of fused-ring (bicyclic) bond motifs is 6. The molecule has 0 N–H and O–H groups in total. The molecule has 2 aliphatic carbocycles. The molecule has 0 amide bonds. The van der Waals surface area contributed by atoms with Crippen LogP contribution >= 0.6 is 0 Å². The summed E-state index contributed by atoms with van der Waals surface area (Å²) in [6.45, 7) is 36.0. The molecule has 0 radical (unpaired) electrons. The van der Waals surface area contributed by atoms with Crippen LogP contribution in [0.2, 0.25) is 0 Å². The molecule has 0 saturated carbocycles. The second-order valence-corrected chi connectivity index (χ2v) is 28.1. The Kier molecular flexibility index (Phi) is 10.8. The monoisotopic (exact) mass is 1020 g/mol. The Hall–Kier alpha value is -7.42. The highest BCUT2D eigenvalue weighted by atomic mass is 15.0. The minimum Gasteiger partial charge on any atom is -0.309 e. The third-order valence-corrected chi connectivity index (χ3v) is 18.5. The third-order valence-electron chi connectivity index (χ3n) is 18.5. The fraction of sp³-hybridized carbons (Fsp3) is 0.289. The lowest BCUT2D eigenvalue weighted by Gasteiger charge is -2.36. The fourth-order valence-electron chi connectivity index (χ4n) is 13.9. The predicted molar refractivity (Wildman–Crippen MR) is 335 cm³/mol. The van der Waals surface area contributed by atoms with Gasteiger partial charge in [0.2, 0.25) is 0 Å². The Morgan fingerprint density at radius 2 is 0.833 bits per heavy atom. The number of nitrogens with zero attached hydrogens (tertiary/aromatic N) is 2. The molecule has 0 fully saturated rings. The van der Waals surface area contributed by atoms with Gasteiger partial charge in [0, 0.05) is 43.7 Å². The maximum atomic E-state index is 2.59. The molecule has 0 atom stereocenters. The van der Waals surface area contributed by atoms with E-state index in [1.807, 2.05) is 0 Å². The Labute approximate surface area is 463 Å². The van der Waals surface area contributed by atoms with E-state index in [1.54, 1.807) is 0 Å². The Morgan fingerprint density at radius 3 is 1.42 bits per heavy atom. The maximum absolute atomic E-state index is 2.59. The summed E-state index contributed by atoms with van der Waals surface area (Å²) in [6.07, 6.45) is 0.869. The van der Waals surface area contributed by atoms with E-state index < -0.39 is 5.41 Å². The summed E-state index contributed by atoms with van der Waals surface area (Å²) in [5.41, 5.74) is 26.5. The lowest BCUT2D eigenvalue weighted by Crippen LogP contribution is -2.27. The number of benzene rings is 9. The normalized spacial score (nSPS) is 14.9. The Bertz CT molecular complexity index is 4260. The Balaban J connectivity index is 1.02. The first kappa shape index (κ1) is 50.1. The van der Waals surface area contributed by atoms with Gasteiger partial charge in [-0.15, -0.1) is 0 Å². The summed E-state index contributed by atoms with van der Waals surface area (Å²) in [4.78, 5) is 0. The average Bonchev–Trinajstić information content (AvgIpc) is 3.53. The van der Waals surface area contributed by atoms with Crippen LogP contribution in [-0.2, 0) is 38.9 Å². The van der Waals surface area contributed by atoms with Crippen molar-refractivity contribution in [2.75, 3.05) is 0 Å². The van der Waals surface area contributed by atoms with Crippen LogP contribution in [0.4, 0.5) is 0 Å². The van der Waals surface area contributed by atoms with Crippen molar-refractivity contribution in [3.63, 3.8) is 0 Å². The Morgan fingerprint density at radius 1 is 0.346 bits per heavy atom. The second kappa shape index (κ2) is 16.8. The van der Waals surface area contributed by atoms with E-state index in [1.165, 1.54) is 138 Å². The summed E-state index contributed by atoms with van der Waals surface area (Å²) >= 11 is 0. The zero-order chi connectivity index (χ0) is 54.8. The van der Waals surface area contributed by atoms with Crippen LogP contribution in [-0.4, -0.2) is 9.13 Å². The van der Waals surface area contributed by atoms with Crippen molar-refractivity contribution in [2.24, 2.45) is 0 Å². The quantitative estimate of drug-likeness (QED) is 0.157. The van der Waals surface area contributed by atoms with E-state index in [-0.39, 0.29) is 27.1 Å². The van der Waals surface area contributed by atoms with E-state index in [0.29, 0.717) is 0 Å². The van der Waals surface area contributed by atoms with E-state index >= 15 is 0 Å². The smallest absolute Gasteiger partial charge is 0.0547 e. The van der Waals surface area contributed by atoms with E-state index in [4.69, 9.17) is 0 Å². The van der Waals surface area contributed by atoms with Crippen LogP contribution in [0.5, 0.6) is 0 Å². The first-order chi connectivity index (χ1) is 36.8. The number of hydrogen-bond acceptors (Lipinski definition) is 0. The first-order valence-electron chi connectivity index (χ1n) is 28.6. The minimum absolute atomic E-state index is 0.0226. The van der Waals surface area contributed by atoms with Crippen LogP contribution in [0.3, 0.4) is 0 Å². The molecular formula is C76H76N2. The SMILES string of the molecule is CC(C)(C)c1cc(-n2c3cccc4c3c3c(c(-c5ccccc5)ccc32)C(C)(C)c2cc-4ccc2CC(C)(C)c2cc(-n3c4cccc5c4c4c(cccc43)C(C)(C)c3cccc-5c3)cc(C(C)(C)C)c2)cc(C(C)(C)C)c1. The molecule has 2 aromatic heterocycles. The lowest BCUT2D eigenvalue weighted by molar-refractivity contribution is 0.508. The highest BCUT2D eigenvalue weighted by Gasteiger charge is 2.38. The van der Waals surface area contributed by atoms with Crippen LogP contribution in [0, 0.1) is 0 Å². The molecule has 11 aromatic rings. The van der Waals surface area contributed by atoms with Crippen molar-refractivity contribution in [2.45, 2.75) is 143 Å². The molecule has 390 valence electrons. The van der Waals surface area contributed by atoms with Gasteiger partial charge in [-0.05, 0) is 166 Å². The molecule has 13 rings (SSSR count). The van der Waals surface area contributed by atoms with E-state index in [9.17, 15) is 0 Å². The average molecular weight is 1020 g/mol. The van der Waals surface area contributed by atoms with Gasteiger partial charge in [-0.25, -0.2) is 0 Å². The molecule has 4 bridgehead atoms. The molecule has 0 spiro atoms. The van der Waals surface area contributed by atoms with Gasteiger partial charge in [0.25, 0.3) is 0 Å². The molecule has 0 saturated heterocycles. The van der Waals surface area contributed by atoms with Gasteiger partial charge < -0.3 is 9.13 Å². The minimum atomic E-state index is -0.393. The molecule has 78 heavy (non-hydrogen) atoms. The predicted octanol–water partition coefficient (Wildman–Crippen LogP) is 20.6. The maximum Gasteiger partial charge on any atom is 0.0547 e. The van der Waals surface area contributed by atoms with Gasteiger partial charge in [-0.3, -0.25) is 0 Å². The molecule has 2 heteroatoms. The summed E-state index contributed by atoms with van der Waals surface area (Å²) in [7, 11) is 0. The molecule has 2 aliphatic rings. The summed E-state index contributed by atoms with van der Waals surface area (Å²) < 4.78 is 5.18. The molecular weight excluding hydrogens is 941 g/mol. The van der Waals surface area contributed by atoms with E-state index in [2.05, 4.69) is 289 Å². The number of hydrogen-bond donors (Lipinski definition) is 0. The lowest BCUT2D eigenvalue weighted by atomic mass is 9.67. The van der Waals surface area contributed by atoms with Gasteiger partial charge in [-0.1, -0.05) is 225 Å².